The number of benzene rings is 1. The minimum atomic E-state index is 0.427. The molecule has 1 atom stereocenters. The molecule has 0 amide bonds. The second-order valence-corrected chi connectivity index (χ2v) is 4.26. The van der Waals surface area contributed by atoms with Crippen molar-refractivity contribution in [2.75, 3.05) is 0 Å². The van der Waals surface area contributed by atoms with Crippen molar-refractivity contribution in [2.45, 2.75) is 26.2 Å². The molecule has 2 rings (SSSR count). The van der Waals surface area contributed by atoms with Crippen molar-refractivity contribution < 1.29 is 4.42 Å². The van der Waals surface area contributed by atoms with Gasteiger partial charge in [0, 0.05) is 11.3 Å². The Kier molecular flexibility index (Phi) is 2.87. The molecule has 1 heterocycles. The molecule has 0 aliphatic carbocycles. The fourth-order valence-corrected chi connectivity index (χ4v) is 1.85. The molecule has 1 aromatic carbocycles. The molecule has 0 fully saturated rings. The van der Waals surface area contributed by atoms with Crippen molar-refractivity contribution in [3.63, 3.8) is 0 Å². The fourth-order valence-electron chi connectivity index (χ4n) is 1.57. The summed E-state index contributed by atoms with van der Waals surface area (Å²) in [5.41, 5.74) is 0.889. The molecule has 0 N–H and O–H groups in total. The normalized spacial score (nSPS) is 12.9. The van der Waals surface area contributed by atoms with Gasteiger partial charge < -0.3 is 4.42 Å². The number of para-hydroxylation sites is 1. The van der Waals surface area contributed by atoms with Gasteiger partial charge in [0.2, 0.25) is 0 Å². The second kappa shape index (κ2) is 4.15. The van der Waals surface area contributed by atoms with Crippen molar-refractivity contribution in [1.29, 1.82) is 0 Å². The van der Waals surface area contributed by atoms with Crippen LogP contribution in [0.4, 0.5) is 0 Å². The molecule has 0 bridgehead atoms. The Labute approximate surface area is 94.7 Å². The number of hydrogen-bond acceptors (Lipinski definition) is 2. The van der Waals surface area contributed by atoms with Crippen molar-refractivity contribution >= 4 is 23.2 Å². The molecular formula is C13H14OS. The summed E-state index contributed by atoms with van der Waals surface area (Å²) in [6.45, 7) is 4.31. The van der Waals surface area contributed by atoms with Crippen LogP contribution in [0.15, 0.2) is 34.7 Å². The van der Waals surface area contributed by atoms with E-state index in [1.54, 1.807) is 0 Å². The maximum Gasteiger partial charge on any atom is 0.135 e. The summed E-state index contributed by atoms with van der Waals surface area (Å²) in [6, 6.07) is 9.90. The Morgan fingerprint density at radius 1 is 1.33 bits per heavy atom. The first-order valence-electron chi connectivity index (χ1n) is 5.25. The van der Waals surface area contributed by atoms with Crippen molar-refractivity contribution in [2.24, 2.45) is 0 Å². The fraction of sp³-hybridized carbons (Fsp3) is 0.308. The van der Waals surface area contributed by atoms with E-state index >= 15 is 0 Å². The largest absolute Gasteiger partial charge is 0.461 e. The first-order chi connectivity index (χ1) is 7.22. The van der Waals surface area contributed by atoms with Gasteiger partial charge in [0.1, 0.15) is 11.3 Å². The van der Waals surface area contributed by atoms with Crippen LogP contribution in [0, 0.1) is 4.51 Å². The predicted molar refractivity (Wildman–Crippen MR) is 65.8 cm³/mol. The van der Waals surface area contributed by atoms with Gasteiger partial charge in [-0.15, -0.1) is 0 Å². The van der Waals surface area contributed by atoms with E-state index in [0.717, 1.165) is 27.7 Å². The van der Waals surface area contributed by atoms with Crippen LogP contribution in [0.2, 0.25) is 0 Å². The molecule has 0 saturated carbocycles. The maximum absolute atomic E-state index is 5.83. The zero-order chi connectivity index (χ0) is 10.8. The van der Waals surface area contributed by atoms with Crippen molar-refractivity contribution in [3.05, 3.63) is 40.6 Å². The second-order valence-electron chi connectivity index (χ2n) is 3.82. The number of rotatable bonds is 2. The van der Waals surface area contributed by atoms with Crippen LogP contribution in [0.5, 0.6) is 0 Å². The lowest BCUT2D eigenvalue weighted by Crippen LogP contribution is -1.91. The van der Waals surface area contributed by atoms with Crippen LogP contribution < -0.4 is 0 Å². The average Bonchev–Trinajstić information content (AvgIpc) is 2.28. The number of hydrogen-bond donors (Lipinski definition) is 0. The minimum absolute atomic E-state index is 0.427. The van der Waals surface area contributed by atoms with E-state index in [2.05, 4.69) is 13.8 Å². The maximum atomic E-state index is 5.83. The molecule has 15 heavy (non-hydrogen) atoms. The van der Waals surface area contributed by atoms with Gasteiger partial charge in [0.15, 0.2) is 0 Å². The van der Waals surface area contributed by atoms with Crippen LogP contribution in [-0.4, -0.2) is 0 Å². The van der Waals surface area contributed by atoms with Crippen LogP contribution in [0.3, 0.4) is 0 Å². The first-order valence-corrected chi connectivity index (χ1v) is 5.66. The summed E-state index contributed by atoms with van der Waals surface area (Å²) >= 11 is 5.35. The summed E-state index contributed by atoms with van der Waals surface area (Å²) < 4.78 is 6.71. The highest BCUT2D eigenvalue weighted by Crippen LogP contribution is 2.24. The molecular weight excluding hydrogens is 204 g/mol. The molecule has 2 heteroatoms. The molecule has 0 saturated heterocycles. The molecule has 0 radical (unpaired) electrons. The van der Waals surface area contributed by atoms with Crippen LogP contribution >= 0.6 is 12.2 Å². The van der Waals surface area contributed by atoms with Gasteiger partial charge in [-0.25, -0.2) is 0 Å². The van der Waals surface area contributed by atoms with E-state index in [1.807, 2.05) is 30.3 Å². The van der Waals surface area contributed by atoms with Gasteiger partial charge in [-0.1, -0.05) is 38.2 Å². The Bertz CT molecular complexity index is 527. The third kappa shape index (κ3) is 1.95. The lowest BCUT2D eigenvalue weighted by molar-refractivity contribution is 0.488. The summed E-state index contributed by atoms with van der Waals surface area (Å²) in [5.74, 6) is 1.41. The topological polar surface area (TPSA) is 13.1 Å². The van der Waals surface area contributed by atoms with Crippen molar-refractivity contribution in [3.8, 4) is 0 Å². The lowest BCUT2D eigenvalue weighted by atomic mass is 10.1. The highest BCUT2D eigenvalue weighted by molar-refractivity contribution is 7.71. The lowest BCUT2D eigenvalue weighted by Gasteiger charge is -2.08. The third-order valence-corrected chi connectivity index (χ3v) is 3.09. The first kappa shape index (κ1) is 10.4. The molecule has 0 aliphatic rings. The summed E-state index contributed by atoms with van der Waals surface area (Å²) in [6.07, 6.45) is 1.07. The Balaban J connectivity index is 2.67. The molecule has 2 aromatic rings. The zero-order valence-corrected chi connectivity index (χ0v) is 9.80. The highest BCUT2D eigenvalue weighted by atomic mass is 32.1. The van der Waals surface area contributed by atoms with E-state index in [-0.39, 0.29) is 0 Å². The summed E-state index contributed by atoms with van der Waals surface area (Å²) in [5, 5.41) is 1.03. The molecule has 1 unspecified atom stereocenters. The van der Waals surface area contributed by atoms with Gasteiger partial charge in [-0.2, -0.15) is 0 Å². The minimum Gasteiger partial charge on any atom is -0.461 e. The van der Waals surface area contributed by atoms with Crippen LogP contribution in [-0.2, 0) is 0 Å². The molecule has 78 valence electrons. The van der Waals surface area contributed by atoms with Crippen LogP contribution in [0.1, 0.15) is 31.9 Å². The molecule has 1 nitrogen and oxygen atoms in total. The van der Waals surface area contributed by atoms with E-state index in [0.29, 0.717) is 5.92 Å². The Hall–Kier alpha value is -1.15. The van der Waals surface area contributed by atoms with Crippen molar-refractivity contribution in [1.82, 2.24) is 0 Å². The van der Waals surface area contributed by atoms with Gasteiger partial charge in [-0.05, 0) is 24.6 Å². The zero-order valence-electron chi connectivity index (χ0n) is 8.99. The smallest absolute Gasteiger partial charge is 0.135 e. The van der Waals surface area contributed by atoms with E-state index in [1.165, 1.54) is 0 Å². The van der Waals surface area contributed by atoms with Gasteiger partial charge in [-0.3, -0.25) is 0 Å². The monoisotopic (exact) mass is 218 g/mol. The van der Waals surface area contributed by atoms with E-state index in [4.69, 9.17) is 16.6 Å². The summed E-state index contributed by atoms with van der Waals surface area (Å²) in [7, 11) is 0. The Morgan fingerprint density at radius 3 is 2.80 bits per heavy atom. The average molecular weight is 218 g/mol. The van der Waals surface area contributed by atoms with Gasteiger partial charge in [0.05, 0.1) is 4.51 Å². The van der Waals surface area contributed by atoms with Crippen LogP contribution in [0.25, 0.3) is 11.0 Å². The van der Waals surface area contributed by atoms with E-state index < -0.39 is 0 Å². The SMILES string of the molecule is CCC(C)c1cc(=S)c2ccccc2o1. The molecule has 1 aromatic heterocycles. The molecule has 0 aliphatic heterocycles. The quantitative estimate of drug-likeness (QED) is 0.679. The molecule has 0 spiro atoms. The standard InChI is InChI=1S/C13H14OS/c1-3-9(2)12-8-13(15)10-6-4-5-7-11(10)14-12/h4-9H,3H2,1-2H3. The van der Waals surface area contributed by atoms with Gasteiger partial charge >= 0.3 is 0 Å². The predicted octanol–water partition coefficient (Wildman–Crippen LogP) is 4.68. The van der Waals surface area contributed by atoms with Gasteiger partial charge in [0.25, 0.3) is 0 Å². The summed E-state index contributed by atoms with van der Waals surface area (Å²) in [4.78, 5) is 0. The van der Waals surface area contributed by atoms with E-state index in [9.17, 15) is 0 Å². The Morgan fingerprint density at radius 2 is 2.07 bits per heavy atom. The number of fused-ring (bicyclic) bond motifs is 1. The highest BCUT2D eigenvalue weighted by Gasteiger charge is 2.07. The third-order valence-electron chi connectivity index (χ3n) is 2.75.